The molecule has 178 valence electrons. The Balaban J connectivity index is 2.43. The van der Waals surface area contributed by atoms with Crippen molar-refractivity contribution >= 4 is 20.0 Å². The molecule has 1 aromatic carbocycles. The summed E-state index contributed by atoms with van der Waals surface area (Å²) in [5.41, 5.74) is 4.26. The van der Waals surface area contributed by atoms with E-state index in [1.165, 1.54) is 0 Å². The first-order chi connectivity index (χ1) is 15.0. The third-order valence-electron chi connectivity index (χ3n) is 5.76. The van der Waals surface area contributed by atoms with Crippen molar-refractivity contribution in [3.63, 3.8) is 0 Å². The highest BCUT2D eigenvalue weighted by atomic mass is 28.3. The van der Waals surface area contributed by atoms with E-state index in [2.05, 4.69) is 32.6 Å². The SMILES string of the molecule is CCCN(C/C(C)=C/Cc1c(OC)c(C)c2c(c1OCC[Si](C)(C)C)C(=O)OC2)C(C)=O. The molecule has 0 N–H and O–H groups in total. The Kier molecular flexibility index (Phi) is 8.95. The van der Waals surface area contributed by atoms with Crippen LogP contribution in [0.4, 0.5) is 0 Å². The van der Waals surface area contributed by atoms with Gasteiger partial charge in [0.1, 0.15) is 23.7 Å². The van der Waals surface area contributed by atoms with Crippen LogP contribution in [0, 0.1) is 6.92 Å². The number of esters is 1. The van der Waals surface area contributed by atoms with E-state index in [9.17, 15) is 9.59 Å². The van der Waals surface area contributed by atoms with Crippen LogP contribution >= 0.6 is 0 Å². The van der Waals surface area contributed by atoms with Crippen molar-refractivity contribution in [1.29, 1.82) is 0 Å². The van der Waals surface area contributed by atoms with Crippen molar-refractivity contribution in [1.82, 2.24) is 4.90 Å². The number of carbonyl (C=O) groups excluding carboxylic acids is 2. The van der Waals surface area contributed by atoms with Gasteiger partial charge in [-0.2, -0.15) is 0 Å². The second-order valence-electron chi connectivity index (χ2n) is 9.75. The minimum absolute atomic E-state index is 0.0728. The molecule has 1 aliphatic heterocycles. The minimum atomic E-state index is -1.30. The highest BCUT2D eigenvalue weighted by molar-refractivity contribution is 6.76. The third kappa shape index (κ3) is 6.37. The molecule has 1 amide bonds. The van der Waals surface area contributed by atoms with Gasteiger partial charge in [-0.3, -0.25) is 4.79 Å². The minimum Gasteiger partial charge on any atom is -0.496 e. The van der Waals surface area contributed by atoms with Crippen molar-refractivity contribution in [2.45, 2.75) is 72.8 Å². The average molecular weight is 462 g/mol. The van der Waals surface area contributed by atoms with Crippen LogP contribution in [0.2, 0.25) is 25.7 Å². The first kappa shape index (κ1) is 26.0. The van der Waals surface area contributed by atoms with Crippen LogP contribution in [-0.2, 0) is 22.6 Å². The maximum Gasteiger partial charge on any atom is 0.342 e. The normalized spacial score (nSPS) is 13.6. The highest BCUT2D eigenvalue weighted by Crippen LogP contribution is 2.43. The molecule has 0 saturated carbocycles. The summed E-state index contributed by atoms with van der Waals surface area (Å²) in [4.78, 5) is 26.4. The molecule has 2 rings (SSSR count). The topological polar surface area (TPSA) is 65.1 Å². The van der Waals surface area contributed by atoms with Gasteiger partial charge in [-0.25, -0.2) is 4.79 Å². The summed E-state index contributed by atoms with van der Waals surface area (Å²) in [6.45, 7) is 16.7. The van der Waals surface area contributed by atoms with E-state index in [0.29, 0.717) is 30.9 Å². The number of rotatable bonds is 11. The summed E-state index contributed by atoms with van der Waals surface area (Å²) in [5, 5.41) is 0. The van der Waals surface area contributed by atoms with Gasteiger partial charge in [0.2, 0.25) is 5.91 Å². The molecule has 1 aromatic rings. The van der Waals surface area contributed by atoms with Gasteiger partial charge in [0.15, 0.2) is 0 Å². The van der Waals surface area contributed by atoms with Gasteiger partial charge in [-0.05, 0) is 38.3 Å². The number of allylic oxidation sites excluding steroid dienone is 1. The number of hydrogen-bond donors (Lipinski definition) is 0. The van der Waals surface area contributed by atoms with Gasteiger partial charge in [-0.15, -0.1) is 0 Å². The van der Waals surface area contributed by atoms with Gasteiger partial charge in [0.25, 0.3) is 0 Å². The maximum atomic E-state index is 12.6. The molecule has 1 aliphatic rings. The van der Waals surface area contributed by atoms with E-state index in [0.717, 1.165) is 47.0 Å². The summed E-state index contributed by atoms with van der Waals surface area (Å²) in [7, 11) is 0.351. The molecular formula is C25H39NO5Si. The molecule has 1 heterocycles. The van der Waals surface area contributed by atoms with Crippen LogP contribution in [0.15, 0.2) is 11.6 Å². The van der Waals surface area contributed by atoms with E-state index in [-0.39, 0.29) is 18.5 Å². The molecule has 0 radical (unpaired) electrons. The molecular weight excluding hydrogens is 422 g/mol. The molecule has 6 nitrogen and oxygen atoms in total. The number of hydrogen-bond acceptors (Lipinski definition) is 5. The van der Waals surface area contributed by atoms with Crippen LogP contribution < -0.4 is 9.47 Å². The zero-order chi connectivity index (χ0) is 24.1. The van der Waals surface area contributed by atoms with Gasteiger partial charge in [0.05, 0.1) is 13.7 Å². The lowest BCUT2D eigenvalue weighted by Gasteiger charge is -2.22. The molecule has 0 atom stereocenters. The van der Waals surface area contributed by atoms with Crippen LogP contribution in [0.3, 0.4) is 0 Å². The molecule has 7 heteroatoms. The summed E-state index contributed by atoms with van der Waals surface area (Å²) in [5.74, 6) is 1.07. The van der Waals surface area contributed by atoms with Gasteiger partial charge in [-0.1, -0.05) is 38.2 Å². The lowest BCUT2D eigenvalue weighted by atomic mass is 9.94. The molecule has 0 spiro atoms. The standard InChI is InChI=1S/C25H39NO5Si/c1-9-12-26(19(4)27)15-17(2)10-11-20-23(29-5)18(3)21-16-31-25(28)22(21)24(20)30-13-14-32(6,7)8/h10H,9,11-16H2,1-8H3/b17-10+. The first-order valence-electron chi connectivity index (χ1n) is 11.4. The van der Waals surface area contributed by atoms with Gasteiger partial charge in [0, 0.05) is 39.2 Å². The van der Waals surface area contributed by atoms with E-state index in [4.69, 9.17) is 14.2 Å². The Hall–Kier alpha value is -2.28. The second kappa shape index (κ2) is 11.0. The molecule has 0 aliphatic carbocycles. The molecule has 0 bridgehead atoms. The van der Waals surface area contributed by atoms with Crippen molar-refractivity contribution in [2.75, 3.05) is 26.8 Å². The van der Waals surface area contributed by atoms with E-state index in [1.807, 2.05) is 18.7 Å². The van der Waals surface area contributed by atoms with E-state index >= 15 is 0 Å². The average Bonchev–Trinajstić information content (AvgIpc) is 3.08. The Bertz CT molecular complexity index is 886. The van der Waals surface area contributed by atoms with Crippen molar-refractivity contribution < 1.29 is 23.8 Å². The molecule has 0 fully saturated rings. The van der Waals surface area contributed by atoms with Crippen molar-refractivity contribution in [3.8, 4) is 11.5 Å². The summed E-state index contributed by atoms with van der Waals surface area (Å²) in [6.07, 6.45) is 3.57. The van der Waals surface area contributed by atoms with Crippen LogP contribution in [0.5, 0.6) is 11.5 Å². The Morgan fingerprint density at radius 1 is 1.22 bits per heavy atom. The highest BCUT2D eigenvalue weighted by Gasteiger charge is 2.33. The van der Waals surface area contributed by atoms with Crippen LogP contribution in [0.25, 0.3) is 0 Å². The van der Waals surface area contributed by atoms with Crippen molar-refractivity contribution in [3.05, 3.63) is 33.9 Å². The number of methoxy groups -OCH3 is 1. The fraction of sp³-hybridized carbons (Fsp3) is 0.600. The summed E-state index contributed by atoms with van der Waals surface area (Å²) < 4.78 is 17.4. The lowest BCUT2D eigenvalue weighted by Crippen LogP contribution is -2.31. The van der Waals surface area contributed by atoms with Gasteiger partial charge < -0.3 is 19.1 Å². The summed E-state index contributed by atoms with van der Waals surface area (Å²) >= 11 is 0. The quantitative estimate of drug-likeness (QED) is 0.259. The molecule has 0 saturated heterocycles. The van der Waals surface area contributed by atoms with Gasteiger partial charge >= 0.3 is 5.97 Å². The van der Waals surface area contributed by atoms with E-state index < -0.39 is 8.07 Å². The third-order valence-corrected chi connectivity index (χ3v) is 7.46. The summed E-state index contributed by atoms with van der Waals surface area (Å²) in [6, 6.07) is 0.992. The van der Waals surface area contributed by atoms with Crippen molar-refractivity contribution in [2.24, 2.45) is 0 Å². The Labute approximate surface area is 193 Å². The molecule has 32 heavy (non-hydrogen) atoms. The fourth-order valence-electron chi connectivity index (χ4n) is 3.89. The second-order valence-corrected chi connectivity index (χ2v) is 15.4. The zero-order valence-electron chi connectivity index (χ0n) is 21.0. The maximum absolute atomic E-state index is 12.6. The van der Waals surface area contributed by atoms with Crippen LogP contribution in [-0.4, -0.2) is 51.7 Å². The number of ether oxygens (including phenoxy) is 3. The largest absolute Gasteiger partial charge is 0.496 e. The molecule has 0 unspecified atom stereocenters. The fourth-order valence-corrected chi connectivity index (χ4v) is 4.60. The Morgan fingerprint density at radius 3 is 2.47 bits per heavy atom. The smallest absolute Gasteiger partial charge is 0.342 e. The first-order valence-corrected chi connectivity index (χ1v) is 15.1. The predicted molar refractivity (Wildman–Crippen MR) is 131 cm³/mol. The number of nitrogens with zero attached hydrogens (tertiary/aromatic N) is 1. The van der Waals surface area contributed by atoms with Crippen LogP contribution in [0.1, 0.15) is 54.2 Å². The molecule has 0 aromatic heterocycles. The zero-order valence-corrected chi connectivity index (χ0v) is 22.0. The lowest BCUT2D eigenvalue weighted by molar-refractivity contribution is -0.128. The number of fused-ring (bicyclic) bond motifs is 1. The number of cyclic esters (lactones) is 1. The Morgan fingerprint density at radius 2 is 1.91 bits per heavy atom. The predicted octanol–water partition coefficient (Wildman–Crippen LogP) is 5.14. The van der Waals surface area contributed by atoms with E-state index in [1.54, 1.807) is 14.0 Å². The number of amides is 1. The number of benzene rings is 1. The number of carbonyl (C=O) groups is 2. The monoisotopic (exact) mass is 461 g/mol.